The molecule has 0 saturated carbocycles. The van der Waals surface area contributed by atoms with Gasteiger partial charge in [0.25, 0.3) is 11.3 Å². The maximum absolute atomic E-state index is 12.4. The van der Waals surface area contributed by atoms with E-state index in [0.29, 0.717) is 34.2 Å². The number of aromatic amines is 1. The molecule has 9 heteroatoms. The monoisotopic (exact) mass is 357 g/mol. The Morgan fingerprint density at radius 1 is 1.31 bits per heavy atom. The summed E-state index contributed by atoms with van der Waals surface area (Å²) in [5.41, 5.74) is 1.33. The molecular weight excluding hydrogens is 338 g/mol. The normalized spacial score (nSPS) is 10.7. The summed E-state index contributed by atoms with van der Waals surface area (Å²) in [4.78, 5) is 33.0. The van der Waals surface area contributed by atoms with Gasteiger partial charge in [-0.05, 0) is 25.5 Å². The molecule has 0 saturated heterocycles. The molecule has 1 amide bonds. The van der Waals surface area contributed by atoms with E-state index in [-0.39, 0.29) is 24.3 Å². The lowest BCUT2D eigenvalue weighted by Gasteiger charge is -2.11. The molecule has 0 bridgehead atoms. The summed E-state index contributed by atoms with van der Waals surface area (Å²) in [5, 5.41) is 5.50. The van der Waals surface area contributed by atoms with Gasteiger partial charge in [0, 0.05) is 18.1 Å². The molecule has 2 N–H and O–H groups in total. The number of rotatable bonds is 6. The molecule has 9 nitrogen and oxygen atoms in total. The van der Waals surface area contributed by atoms with Gasteiger partial charge in [0.05, 0.1) is 25.6 Å². The van der Waals surface area contributed by atoms with Crippen LogP contribution in [0.2, 0.25) is 0 Å². The molecule has 0 radical (unpaired) electrons. The molecule has 2 heterocycles. The van der Waals surface area contributed by atoms with Gasteiger partial charge in [-0.2, -0.15) is 4.52 Å². The van der Waals surface area contributed by atoms with Crippen molar-refractivity contribution in [3.05, 3.63) is 46.1 Å². The number of aryl methyl sites for hydroxylation is 1. The molecule has 2 aromatic heterocycles. The minimum Gasteiger partial charge on any atom is -0.497 e. The third-order valence-electron chi connectivity index (χ3n) is 4.02. The second kappa shape index (κ2) is 7.26. The lowest BCUT2D eigenvalue weighted by Crippen LogP contribution is -2.23. The van der Waals surface area contributed by atoms with Crippen LogP contribution >= 0.6 is 0 Å². The summed E-state index contributed by atoms with van der Waals surface area (Å²) < 4.78 is 11.6. The third kappa shape index (κ3) is 3.37. The molecule has 136 valence electrons. The fraction of sp³-hybridized carbons (Fsp3) is 0.294. The van der Waals surface area contributed by atoms with Crippen molar-refractivity contribution in [1.29, 1.82) is 0 Å². The van der Waals surface area contributed by atoms with E-state index in [4.69, 9.17) is 9.47 Å². The van der Waals surface area contributed by atoms with Crippen LogP contribution in [0.1, 0.15) is 17.7 Å². The predicted molar refractivity (Wildman–Crippen MR) is 94.8 cm³/mol. The number of aromatic nitrogens is 4. The number of amides is 1. The average Bonchev–Trinajstić information content (AvgIpc) is 3.10. The van der Waals surface area contributed by atoms with Crippen molar-refractivity contribution in [2.45, 2.75) is 19.8 Å². The van der Waals surface area contributed by atoms with E-state index in [9.17, 15) is 9.59 Å². The zero-order valence-electron chi connectivity index (χ0n) is 14.7. The van der Waals surface area contributed by atoms with Crippen molar-refractivity contribution in [2.75, 3.05) is 19.5 Å². The number of carbonyl (C=O) groups is 1. The predicted octanol–water partition coefficient (Wildman–Crippen LogP) is 1.31. The third-order valence-corrected chi connectivity index (χ3v) is 4.02. The molecule has 0 spiro atoms. The van der Waals surface area contributed by atoms with Crippen LogP contribution in [-0.4, -0.2) is 39.7 Å². The van der Waals surface area contributed by atoms with Gasteiger partial charge in [0.15, 0.2) is 0 Å². The van der Waals surface area contributed by atoms with Crippen molar-refractivity contribution in [1.82, 2.24) is 19.6 Å². The van der Waals surface area contributed by atoms with Crippen LogP contribution in [0.3, 0.4) is 0 Å². The first kappa shape index (κ1) is 17.5. The molecule has 3 aromatic rings. The van der Waals surface area contributed by atoms with Gasteiger partial charge >= 0.3 is 0 Å². The molecule has 0 aliphatic rings. The quantitative estimate of drug-likeness (QED) is 0.688. The zero-order valence-corrected chi connectivity index (χ0v) is 14.7. The number of hydrogen-bond donors (Lipinski definition) is 2. The molecule has 0 aliphatic heterocycles. The number of nitrogens with zero attached hydrogens (tertiary/aromatic N) is 3. The number of ether oxygens (including phenoxy) is 2. The Kier molecular flexibility index (Phi) is 4.87. The summed E-state index contributed by atoms with van der Waals surface area (Å²) in [6.07, 6.45) is 1.80. The Bertz CT molecular complexity index is 1010. The molecular formula is C17H19N5O4. The number of methoxy groups -OCH3 is 2. The number of fused-ring (bicyclic) bond motifs is 1. The van der Waals surface area contributed by atoms with Crippen LogP contribution in [-0.2, 0) is 11.2 Å². The minimum atomic E-state index is -0.250. The van der Waals surface area contributed by atoms with E-state index in [0.717, 1.165) is 0 Å². The highest BCUT2D eigenvalue weighted by atomic mass is 16.5. The Hall–Kier alpha value is -3.36. The van der Waals surface area contributed by atoms with Gasteiger partial charge in [-0.15, -0.1) is 0 Å². The topological polar surface area (TPSA) is 111 Å². The fourth-order valence-corrected chi connectivity index (χ4v) is 2.64. The van der Waals surface area contributed by atoms with Crippen LogP contribution in [0.5, 0.6) is 11.5 Å². The Balaban J connectivity index is 1.73. The fourth-order valence-electron chi connectivity index (χ4n) is 2.64. The van der Waals surface area contributed by atoms with Gasteiger partial charge in [-0.1, -0.05) is 0 Å². The highest BCUT2D eigenvalue weighted by molar-refractivity contribution is 5.92. The lowest BCUT2D eigenvalue weighted by molar-refractivity contribution is -0.116. The van der Waals surface area contributed by atoms with E-state index in [2.05, 4.69) is 20.4 Å². The first-order chi connectivity index (χ1) is 12.5. The molecule has 0 fully saturated rings. The second-order valence-electron chi connectivity index (χ2n) is 5.62. The van der Waals surface area contributed by atoms with Crippen LogP contribution in [0, 0.1) is 6.92 Å². The van der Waals surface area contributed by atoms with Gasteiger partial charge in [-0.3, -0.25) is 14.7 Å². The standard InChI is InChI=1S/C17H19N5O4/c1-10-12(16(24)22-17(20-10)18-9-19-22)5-7-15(23)21-13-6-4-11(25-2)8-14(13)26-3/h4,6,8-9H,5,7H2,1-3H3,(H,21,23)(H,18,19,20). The number of nitrogens with one attached hydrogen (secondary N) is 2. The van der Waals surface area contributed by atoms with Crippen molar-refractivity contribution in [3.63, 3.8) is 0 Å². The van der Waals surface area contributed by atoms with Crippen molar-refractivity contribution < 1.29 is 14.3 Å². The van der Waals surface area contributed by atoms with Gasteiger partial charge in [-0.25, -0.2) is 9.97 Å². The summed E-state index contributed by atoms with van der Waals surface area (Å²) in [7, 11) is 3.07. The molecule has 0 atom stereocenters. The number of H-pyrrole nitrogens is 1. The number of hydrogen-bond acceptors (Lipinski definition) is 6. The Morgan fingerprint density at radius 2 is 2.12 bits per heavy atom. The molecule has 0 unspecified atom stereocenters. The van der Waals surface area contributed by atoms with Crippen molar-refractivity contribution in [3.8, 4) is 11.5 Å². The summed E-state index contributed by atoms with van der Waals surface area (Å²) in [6, 6.07) is 5.11. The number of benzene rings is 1. The second-order valence-corrected chi connectivity index (χ2v) is 5.62. The van der Waals surface area contributed by atoms with Crippen molar-refractivity contribution >= 4 is 17.4 Å². The van der Waals surface area contributed by atoms with Gasteiger partial charge < -0.3 is 14.8 Å². The van der Waals surface area contributed by atoms with E-state index < -0.39 is 0 Å². The van der Waals surface area contributed by atoms with Crippen LogP contribution in [0.25, 0.3) is 5.78 Å². The van der Waals surface area contributed by atoms with E-state index in [1.807, 2.05) is 0 Å². The molecule has 1 aromatic carbocycles. The van der Waals surface area contributed by atoms with E-state index in [1.165, 1.54) is 18.0 Å². The summed E-state index contributed by atoms with van der Waals surface area (Å²) in [6.45, 7) is 1.73. The van der Waals surface area contributed by atoms with Crippen molar-refractivity contribution in [2.24, 2.45) is 0 Å². The molecule has 0 aliphatic carbocycles. The van der Waals surface area contributed by atoms with E-state index in [1.54, 1.807) is 32.2 Å². The first-order valence-corrected chi connectivity index (χ1v) is 7.97. The highest BCUT2D eigenvalue weighted by Gasteiger charge is 2.14. The largest absolute Gasteiger partial charge is 0.497 e. The maximum atomic E-state index is 12.4. The van der Waals surface area contributed by atoms with Crippen LogP contribution in [0.15, 0.2) is 29.3 Å². The first-order valence-electron chi connectivity index (χ1n) is 7.97. The lowest BCUT2D eigenvalue weighted by atomic mass is 10.1. The van der Waals surface area contributed by atoms with Gasteiger partial charge in [0.2, 0.25) is 5.91 Å². The van der Waals surface area contributed by atoms with Gasteiger partial charge in [0.1, 0.15) is 17.8 Å². The highest BCUT2D eigenvalue weighted by Crippen LogP contribution is 2.29. The Morgan fingerprint density at radius 3 is 2.85 bits per heavy atom. The van der Waals surface area contributed by atoms with Crippen LogP contribution < -0.4 is 20.3 Å². The summed E-state index contributed by atoms with van der Waals surface area (Å²) in [5.74, 6) is 1.20. The maximum Gasteiger partial charge on any atom is 0.277 e. The Labute approximate surface area is 149 Å². The number of carbonyl (C=O) groups excluding carboxylic acids is 1. The minimum absolute atomic E-state index is 0.132. The zero-order chi connectivity index (χ0) is 18.7. The van der Waals surface area contributed by atoms with Crippen LogP contribution in [0.4, 0.5) is 5.69 Å². The smallest absolute Gasteiger partial charge is 0.277 e. The van der Waals surface area contributed by atoms with E-state index >= 15 is 0 Å². The number of anilines is 1. The summed E-state index contributed by atoms with van der Waals surface area (Å²) >= 11 is 0. The average molecular weight is 357 g/mol. The SMILES string of the molecule is COc1ccc(NC(=O)CCc2c(C)nc3nc[nH]n3c2=O)c(OC)c1. The molecule has 26 heavy (non-hydrogen) atoms. The molecule has 3 rings (SSSR count).